The van der Waals surface area contributed by atoms with Crippen LogP contribution in [0.15, 0.2) is 132 Å². The molecule has 0 saturated carbocycles. The second-order valence-electron chi connectivity index (χ2n) is 10.8. The number of aryl methyl sites for hydroxylation is 2. The molecule has 0 saturated heterocycles. The van der Waals surface area contributed by atoms with Gasteiger partial charge in [-0.1, -0.05) is 60.0 Å². The summed E-state index contributed by atoms with van der Waals surface area (Å²) in [6.45, 7) is 3.20. The molecule has 6 aromatic rings. The maximum absolute atomic E-state index is 12.5. The Morgan fingerprint density at radius 2 is 1.22 bits per heavy atom. The number of nitrogens with one attached hydrogen (secondary N) is 2. The molecule has 0 radical (unpaired) electrons. The maximum Gasteiger partial charge on any atom is 3.00 e. The molecule has 1 unspecified atom stereocenters. The number of H-pyrrole nitrogens is 1. The van der Waals surface area contributed by atoms with Gasteiger partial charge in [0.05, 0.1) is 39.0 Å². The van der Waals surface area contributed by atoms with E-state index in [9.17, 15) is 37.3 Å². The van der Waals surface area contributed by atoms with Crippen molar-refractivity contribution in [3.63, 3.8) is 0 Å². The van der Waals surface area contributed by atoms with Gasteiger partial charge >= 0.3 is 46.3 Å². The fraction of sp³-hybridized carbons (Fsp3) is 0.0625. The van der Waals surface area contributed by atoms with Crippen LogP contribution < -0.4 is 55.6 Å². The monoisotopic (exact) mass is 824 g/mol. The van der Waals surface area contributed by atoms with Crippen LogP contribution in [-0.4, -0.2) is 36.7 Å². The number of benzene rings is 4. The predicted octanol–water partition coefficient (Wildman–Crippen LogP) is 0.891. The second-order valence-corrected chi connectivity index (χ2v) is 13.8. The molecule has 6 rings (SSSR count). The van der Waals surface area contributed by atoms with Crippen molar-refractivity contribution in [1.29, 1.82) is 4.78 Å². The van der Waals surface area contributed by atoms with Crippen LogP contribution in [0.5, 0.6) is 17.4 Å². The largest absolute Gasteiger partial charge is 3.00 e. The Bertz CT molecular complexity index is 2620. The van der Waals surface area contributed by atoms with Gasteiger partial charge in [-0.3, -0.25) is 18.9 Å². The zero-order chi connectivity index (χ0) is 37.8. The fourth-order valence-electron chi connectivity index (χ4n) is 4.47. The van der Waals surface area contributed by atoms with E-state index in [1.165, 1.54) is 4.68 Å². The van der Waals surface area contributed by atoms with Crippen LogP contribution in [0.25, 0.3) is 11.4 Å². The number of primary sulfonamides is 1. The minimum Gasteiger partial charge on any atom is -0.871 e. The Kier molecular flexibility index (Phi) is 14.4. The SMILES string of the molecule is Cc1[nH]n(-c2ccccc2)c(=O)c1N=Nc1cc(S(N)(=O)=O)ccc1[O-].Cc1nn(-c2ccccc2)c([O-])c1N=Nc1cc(S(=N)(=O)[O-])ccc1[O-].[Co+3].[Na+]. The molecule has 0 aliphatic rings. The third-order valence-corrected chi connectivity index (χ3v) is 8.84. The van der Waals surface area contributed by atoms with Crippen LogP contribution in [0.4, 0.5) is 22.7 Å². The molecule has 0 fully saturated rings. The first-order valence-electron chi connectivity index (χ1n) is 14.7. The van der Waals surface area contributed by atoms with Gasteiger partial charge in [-0.15, -0.1) is 10.2 Å². The quantitative estimate of drug-likeness (QED) is 0.145. The maximum atomic E-state index is 12.5. The summed E-state index contributed by atoms with van der Waals surface area (Å²) in [6, 6.07) is 23.6. The number of nitrogens with zero attached hydrogens (tertiary/aromatic N) is 7. The number of sulfonamides is 1. The van der Waals surface area contributed by atoms with E-state index < -0.39 is 43.0 Å². The molecule has 54 heavy (non-hydrogen) atoms. The summed E-state index contributed by atoms with van der Waals surface area (Å²) in [5.41, 5.74) is 0.884. The first-order chi connectivity index (χ1) is 24.5. The zero-order valence-electron chi connectivity index (χ0n) is 28.4. The van der Waals surface area contributed by atoms with Gasteiger partial charge < -0.3 is 19.9 Å². The van der Waals surface area contributed by atoms with Crippen molar-refractivity contribution < 1.29 is 78.8 Å². The molecule has 0 spiro atoms. The first kappa shape index (κ1) is 43.4. The Labute approximate surface area is 340 Å². The predicted molar refractivity (Wildman–Crippen MR) is 180 cm³/mol. The topological polar surface area (TPSA) is 298 Å². The molecule has 22 heteroatoms. The number of azo groups is 2. The van der Waals surface area contributed by atoms with Crippen LogP contribution >= 0.6 is 0 Å². The van der Waals surface area contributed by atoms with Crippen LogP contribution in [0.1, 0.15) is 11.4 Å². The minimum absolute atomic E-state index is 0. The van der Waals surface area contributed by atoms with E-state index in [1.54, 1.807) is 68.4 Å². The molecule has 4 N–H and O–H groups in total. The number of aromatic nitrogens is 4. The van der Waals surface area contributed by atoms with Crippen molar-refractivity contribution in [1.82, 2.24) is 19.6 Å². The van der Waals surface area contributed by atoms with Gasteiger partial charge in [0.25, 0.3) is 5.56 Å². The molecule has 0 amide bonds. The Morgan fingerprint density at radius 3 is 1.74 bits per heavy atom. The second kappa shape index (κ2) is 17.9. The smallest absolute Gasteiger partial charge is 0.871 e. The van der Waals surface area contributed by atoms with E-state index in [4.69, 9.17) is 9.92 Å². The van der Waals surface area contributed by atoms with Crippen molar-refractivity contribution in [2.45, 2.75) is 23.6 Å². The van der Waals surface area contributed by atoms with Crippen LogP contribution in [0, 0.1) is 18.6 Å². The van der Waals surface area contributed by atoms with E-state index in [1.807, 2.05) is 6.07 Å². The Hall–Kier alpha value is -4.97. The van der Waals surface area contributed by atoms with E-state index in [2.05, 4.69) is 30.7 Å². The van der Waals surface area contributed by atoms with Crippen molar-refractivity contribution in [2.75, 3.05) is 0 Å². The van der Waals surface area contributed by atoms with Gasteiger partial charge in [0.1, 0.15) is 5.69 Å². The molecular weight excluding hydrogens is 798 g/mol. The number of hydrogen-bond acceptors (Lipinski definition) is 14. The minimum atomic E-state index is -4.24. The summed E-state index contributed by atoms with van der Waals surface area (Å²) in [6.07, 6.45) is 0. The molecule has 2 aromatic heterocycles. The van der Waals surface area contributed by atoms with Gasteiger partial charge in [-0.05, 0) is 62.4 Å². The summed E-state index contributed by atoms with van der Waals surface area (Å²) in [4.78, 5) is 11.9. The Morgan fingerprint density at radius 1 is 0.741 bits per heavy atom. The molecule has 1 atom stereocenters. The van der Waals surface area contributed by atoms with Gasteiger partial charge in [0.2, 0.25) is 10.0 Å². The molecule has 0 aliphatic carbocycles. The third-order valence-electron chi connectivity index (χ3n) is 7.06. The van der Waals surface area contributed by atoms with Crippen molar-refractivity contribution in [3.8, 4) is 28.8 Å². The summed E-state index contributed by atoms with van der Waals surface area (Å²) < 4.78 is 54.8. The van der Waals surface area contributed by atoms with Crippen molar-refractivity contribution >= 4 is 42.8 Å². The standard InChI is InChI=1S/2C16H15N5O4S.Co.Na/c2*1-10-15(16(23)21(20-10)11-5-3-2-4-6-11)19-18-13-9-12(26(17,24)25)7-8-14(13)22;;/h2-9,22-23H,1H3,(H2,17,24,25);2-9,20,22H,1H3,(H2,17,24,25);;/q;;+3;+1/p-4. The Balaban J connectivity index is 0.000000280. The average Bonchev–Trinajstić information content (AvgIpc) is 3.56. The van der Waals surface area contributed by atoms with E-state index in [0.717, 1.165) is 41.1 Å². The van der Waals surface area contributed by atoms with Crippen molar-refractivity contribution in [3.05, 3.63) is 119 Å². The molecule has 18 nitrogen and oxygen atoms in total. The molecule has 0 bridgehead atoms. The molecule has 0 aliphatic heterocycles. The average molecular weight is 825 g/mol. The first-order valence-corrected chi connectivity index (χ1v) is 17.7. The van der Waals surface area contributed by atoms with Crippen LogP contribution in [-0.2, 0) is 36.8 Å². The normalized spacial score (nSPS) is 12.4. The number of aromatic amines is 1. The van der Waals surface area contributed by atoms with Crippen LogP contribution in [0.3, 0.4) is 0 Å². The number of rotatable bonds is 8. The van der Waals surface area contributed by atoms with E-state index in [-0.39, 0.29) is 78.9 Å². The molecule has 2 heterocycles. The summed E-state index contributed by atoms with van der Waals surface area (Å²) in [5, 5.41) is 63.2. The van der Waals surface area contributed by atoms with Gasteiger partial charge in [-0.2, -0.15) is 15.3 Å². The third kappa shape index (κ3) is 10.2. The fourth-order valence-corrected chi connectivity index (χ4v) is 5.52. The van der Waals surface area contributed by atoms with E-state index in [0.29, 0.717) is 22.8 Å². The molecule has 274 valence electrons. The van der Waals surface area contributed by atoms with Gasteiger partial charge in [0.15, 0.2) is 5.69 Å². The molecule has 4 aromatic carbocycles. The van der Waals surface area contributed by atoms with Crippen LogP contribution in [0.2, 0.25) is 0 Å². The van der Waals surface area contributed by atoms with Crippen molar-refractivity contribution in [2.24, 2.45) is 25.6 Å². The number of para-hydroxylation sites is 2. The zero-order valence-corrected chi connectivity index (χ0v) is 33.0. The molecular formula is C32H26CoN10NaO8S2. The van der Waals surface area contributed by atoms with Gasteiger partial charge in [0, 0.05) is 20.8 Å². The van der Waals surface area contributed by atoms with E-state index >= 15 is 0 Å². The number of hydrogen-bond donors (Lipinski definition) is 3. The summed E-state index contributed by atoms with van der Waals surface area (Å²) in [7, 11) is -8.23. The van der Waals surface area contributed by atoms with Gasteiger partial charge in [-0.25, -0.2) is 22.9 Å². The summed E-state index contributed by atoms with van der Waals surface area (Å²) >= 11 is 0. The summed E-state index contributed by atoms with van der Waals surface area (Å²) in [5.74, 6) is -1.64. The number of nitrogens with two attached hydrogens (primary N) is 1.